The summed E-state index contributed by atoms with van der Waals surface area (Å²) in [7, 11) is 0. The van der Waals surface area contributed by atoms with E-state index in [-0.39, 0.29) is 6.04 Å². The number of thiazole rings is 1. The molecule has 102 valence electrons. The average Bonchev–Trinajstić information content (AvgIpc) is 3.04. The molecule has 0 aromatic carbocycles. The summed E-state index contributed by atoms with van der Waals surface area (Å²) in [5, 5.41) is 5.39. The molecule has 0 amide bonds. The molecule has 0 saturated carbocycles. The second kappa shape index (κ2) is 5.43. The van der Waals surface area contributed by atoms with Crippen molar-refractivity contribution in [1.82, 2.24) is 14.8 Å². The summed E-state index contributed by atoms with van der Waals surface area (Å²) >= 11 is 1.79. The molecule has 0 aliphatic heterocycles. The molecule has 0 saturated heterocycles. The predicted octanol–water partition coefficient (Wildman–Crippen LogP) is 2.68. The fraction of sp³-hybridized carbons (Fsp3) is 0.571. The standard InChI is InChI=1S/C14H20N4S/c1-2-7-18-9-10(8-16-18)13(15)14-17-11-5-3-4-6-12(11)19-14/h8-9,13H,2-7,15H2,1H3. The van der Waals surface area contributed by atoms with Gasteiger partial charge in [-0.25, -0.2) is 4.98 Å². The second-order valence-corrected chi connectivity index (χ2v) is 6.26. The zero-order valence-electron chi connectivity index (χ0n) is 11.3. The molecule has 1 unspecified atom stereocenters. The highest BCUT2D eigenvalue weighted by atomic mass is 32.1. The Balaban J connectivity index is 1.82. The number of aromatic nitrogens is 3. The first kappa shape index (κ1) is 12.8. The van der Waals surface area contributed by atoms with Gasteiger partial charge in [-0.15, -0.1) is 11.3 Å². The quantitative estimate of drug-likeness (QED) is 0.934. The summed E-state index contributed by atoms with van der Waals surface area (Å²) < 4.78 is 1.96. The first-order valence-corrected chi connectivity index (χ1v) is 7.86. The fourth-order valence-corrected chi connectivity index (χ4v) is 3.72. The van der Waals surface area contributed by atoms with Crippen LogP contribution >= 0.6 is 11.3 Å². The minimum Gasteiger partial charge on any atom is -0.318 e. The molecule has 0 radical (unpaired) electrons. The van der Waals surface area contributed by atoms with Crippen molar-refractivity contribution in [1.29, 1.82) is 0 Å². The lowest BCUT2D eigenvalue weighted by Crippen LogP contribution is -2.11. The monoisotopic (exact) mass is 276 g/mol. The van der Waals surface area contributed by atoms with E-state index in [0.29, 0.717) is 0 Å². The van der Waals surface area contributed by atoms with Crippen molar-refractivity contribution in [2.45, 2.75) is 51.6 Å². The minimum atomic E-state index is -0.124. The molecule has 2 N–H and O–H groups in total. The normalized spacial score (nSPS) is 16.3. The average molecular weight is 276 g/mol. The van der Waals surface area contributed by atoms with E-state index in [2.05, 4.69) is 18.2 Å². The third kappa shape index (κ3) is 2.58. The van der Waals surface area contributed by atoms with Crippen LogP contribution in [0.15, 0.2) is 12.4 Å². The van der Waals surface area contributed by atoms with Gasteiger partial charge in [-0.05, 0) is 32.1 Å². The number of hydrogen-bond donors (Lipinski definition) is 1. The second-order valence-electron chi connectivity index (χ2n) is 5.14. The number of hydrogen-bond acceptors (Lipinski definition) is 4. The number of nitrogens with two attached hydrogens (primary N) is 1. The fourth-order valence-electron chi connectivity index (χ4n) is 2.54. The van der Waals surface area contributed by atoms with Crippen molar-refractivity contribution < 1.29 is 0 Å². The molecule has 1 atom stereocenters. The maximum Gasteiger partial charge on any atom is 0.115 e. The van der Waals surface area contributed by atoms with E-state index in [9.17, 15) is 0 Å². The van der Waals surface area contributed by atoms with Crippen LogP contribution in [0.1, 0.15) is 53.4 Å². The predicted molar refractivity (Wildman–Crippen MR) is 77.3 cm³/mol. The molecule has 1 aliphatic carbocycles. The largest absolute Gasteiger partial charge is 0.318 e. The molecule has 0 spiro atoms. The summed E-state index contributed by atoms with van der Waals surface area (Å²) in [6, 6.07) is -0.124. The van der Waals surface area contributed by atoms with E-state index in [1.54, 1.807) is 11.3 Å². The van der Waals surface area contributed by atoms with Crippen molar-refractivity contribution in [3.63, 3.8) is 0 Å². The van der Waals surface area contributed by atoms with Gasteiger partial charge < -0.3 is 5.73 Å². The molecule has 1 aliphatic rings. The highest BCUT2D eigenvalue weighted by molar-refractivity contribution is 7.11. The van der Waals surface area contributed by atoms with E-state index in [4.69, 9.17) is 10.7 Å². The Kier molecular flexibility index (Phi) is 3.66. The number of fused-ring (bicyclic) bond motifs is 1. The van der Waals surface area contributed by atoms with Gasteiger partial charge in [0.15, 0.2) is 0 Å². The summed E-state index contributed by atoms with van der Waals surface area (Å²) in [6.45, 7) is 3.09. The first-order valence-electron chi connectivity index (χ1n) is 7.04. The third-order valence-electron chi connectivity index (χ3n) is 3.59. The maximum atomic E-state index is 6.33. The van der Waals surface area contributed by atoms with Gasteiger partial charge in [0.2, 0.25) is 0 Å². The third-order valence-corrected chi connectivity index (χ3v) is 4.83. The van der Waals surface area contributed by atoms with E-state index in [1.165, 1.54) is 29.8 Å². The summed E-state index contributed by atoms with van der Waals surface area (Å²) in [4.78, 5) is 6.18. The minimum absolute atomic E-state index is 0.124. The van der Waals surface area contributed by atoms with Crippen LogP contribution in [0.3, 0.4) is 0 Å². The van der Waals surface area contributed by atoms with Gasteiger partial charge >= 0.3 is 0 Å². The molecule has 19 heavy (non-hydrogen) atoms. The van der Waals surface area contributed by atoms with Crippen LogP contribution in [-0.2, 0) is 19.4 Å². The SMILES string of the molecule is CCCn1cc(C(N)c2nc3c(s2)CCCC3)cn1. The highest BCUT2D eigenvalue weighted by Crippen LogP contribution is 2.31. The maximum absolute atomic E-state index is 6.33. The van der Waals surface area contributed by atoms with Gasteiger partial charge in [-0.3, -0.25) is 4.68 Å². The summed E-state index contributed by atoms with van der Waals surface area (Å²) in [6.07, 6.45) is 9.86. The first-order chi connectivity index (χ1) is 9.28. The molecular formula is C14H20N4S. The van der Waals surface area contributed by atoms with Crippen molar-refractivity contribution in [3.05, 3.63) is 33.5 Å². The van der Waals surface area contributed by atoms with Crippen LogP contribution in [0.25, 0.3) is 0 Å². The van der Waals surface area contributed by atoms with Crippen LogP contribution in [0, 0.1) is 0 Å². The summed E-state index contributed by atoms with van der Waals surface area (Å²) in [5.74, 6) is 0. The van der Waals surface area contributed by atoms with Gasteiger partial charge in [-0.1, -0.05) is 6.92 Å². The Morgan fingerprint density at radius 1 is 1.42 bits per heavy atom. The molecule has 4 nitrogen and oxygen atoms in total. The van der Waals surface area contributed by atoms with Crippen LogP contribution in [0.5, 0.6) is 0 Å². The van der Waals surface area contributed by atoms with Crippen molar-refractivity contribution in [3.8, 4) is 0 Å². The number of aryl methyl sites for hydroxylation is 3. The van der Waals surface area contributed by atoms with Gasteiger partial charge in [0.25, 0.3) is 0 Å². The molecule has 2 aromatic heterocycles. The molecule has 0 bridgehead atoms. The number of nitrogens with zero attached hydrogens (tertiary/aromatic N) is 3. The van der Waals surface area contributed by atoms with E-state index >= 15 is 0 Å². The molecule has 2 aromatic rings. The molecule has 2 heterocycles. The lowest BCUT2D eigenvalue weighted by atomic mass is 10.0. The molecular weight excluding hydrogens is 256 g/mol. The van der Waals surface area contributed by atoms with Crippen LogP contribution in [0.4, 0.5) is 0 Å². The van der Waals surface area contributed by atoms with Crippen LogP contribution in [0.2, 0.25) is 0 Å². The van der Waals surface area contributed by atoms with Gasteiger partial charge in [0, 0.05) is 23.2 Å². The van der Waals surface area contributed by atoms with Crippen molar-refractivity contribution >= 4 is 11.3 Å². The molecule has 5 heteroatoms. The molecule has 0 fully saturated rings. The lowest BCUT2D eigenvalue weighted by molar-refractivity contribution is 0.602. The Labute approximate surface area is 117 Å². The van der Waals surface area contributed by atoms with Crippen molar-refractivity contribution in [2.24, 2.45) is 5.73 Å². The smallest absolute Gasteiger partial charge is 0.115 e. The Bertz CT molecular complexity index is 534. The van der Waals surface area contributed by atoms with Gasteiger partial charge in [-0.2, -0.15) is 5.10 Å². The van der Waals surface area contributed by atoms with E-state index in [0.717, 1.165) is 30.0 Å². The van der Waals surface area contributed by atoms with Gasteiger partial charge in [0.05, 0.1) is 17.9 Å². The Morgan fingerprint density at radius 3 is 3.05 bits per heavy atom. The topological polar surface area (TPSA) is 56.7 Å². The zero-order valence-corrected chi connectivity index (χ0v) is 12.1. The van der Waals surface area contributed by atoms with Crippen LogP contribution < -0.4 is 5.73 Å². The zero-order chi connectivity index (χ0) is 13.2. The summed E-state index contributed by atoms with van der Waals surface area (Å²) in [5.41, 5.74) is 8.68. The van der Waals surface area contributed by atoms with E-state index in [1.807, 2.05) is 10.9 Å². The van der Waals surface area contributed by atoms with Gasteiger partial charge in [0.1, 0.15) is 5.01 Å². The Morgan fingerprint density at radius 2 is 2.26 bits per heavy atom. The van der Waals surface area contributed by atoms with Crippen LogP contribution in [-0.4, -0.2) is 14.8 Å². The van der Waals surface area contributed by atoms with E-state index < -0.39 is 0 Å². The van der Waals surface area contributed by atoms with Crippen molar-refractivity contribution in [2.75, 3.05) is 0 Å². The number of rotatable bonds is 4. The Hall–Kier alpha value is -1.20. The molecule has 3 rings (SSSR count). The highest BCUT2D eigenvalue weighted by Gasteiger charge is 2.20. The lowest BCUT2D eigenvalue weighted by Gasteiger charge is -2.06.